The van der Waals surface area contributed by atoms with Gasteiger partial charge in [0.25, 0.3) is 5.78 Å². The van der Waals surface area contributed by atoms with Crippen molar-refractivity contribution in [2.75, 3.05) is 0 Å². The van der Waals surface area contributed by atoms with Gasteiger partial charge in [-0.3, -0.25) is 0 Å². The van der Waals surface area contributed by atoms with Gasteiger partial charge in [-0.05, 0) is 30.3 Å². The molecule has 0 saturated heterocycles. The van der Waals surface area contributed by atoms with E-state index in [1.54, 1.807) is 10.7 Å². The molecule has 5 heteroatoms. The summed E-state index contributed by atoms with van der Waals surface area (Å²) >= 11 is 5.82. The van der Waals surface area contributed by atoms with E-state index in [0.29, 0.717) is 16.6 Å². The van der Waals surface area contributed by atoms with E-state index in [0.717, 1.165) is 5.56 Å². The third-order valence-electron chi connectivity index (χ3n) is 2.22. The highest BCUT2D eigenvalue weighted by Crippen LogP contribution is 2.18. The zero-order valence-electron chi connectivity index (χ0n) is 8.21. The number of hydrogen-bond donors (Lipinski definition) is 0. The van der Waals surface area contributed by atoms with Gasteiger partial charge in [0.05, 0.1) is 0 Å². The van der Waals surface area contributed by atoms with Crippen LogP contribution in [0.25, 0.3) is 17.2 Å². The van der Waals surface area contributed by atoms with Gasteiger partial charge in [0.15, 0.2) is 5.82 Å². The lowest BCUT2D eigenvalue weighted by Crippen LogP contribution is -1.87. The maximum atomic E-state index is 5.82. The maximum absolute atomic E-state index is 5.82. The topological polar surface area (TPSA) is 43.1 Å². The predicted octanol–water partition coefficient (Wildman–Crippen LogP) is 2.44. The van der Waals surface area contributed by atoms with E-state index in [-0.39, 0.29) is 0 Å². The SMILES string of the molecule is Clc1ccc(-c2nc3ncccn3n2)cc1. The molecule has 0 fully saturated rings. The van der Waals surface area contributed by atoms with Crippen molar-refractivity contribution < 1.29 is 0 Å². The molecule has 0 aliphatic heterocycles. The number of benzene rings is 1. The summed E-state index contributed by atoms with van der Waals surface area (Å²) in [6.07, 6.45) is 3.50. The molecule has 1 aromatic carbocycles. The first-order valence-corrected chi connectivity index (χ1v) is 5.14. The molecule has 0 spiro atoms. The summed E-state index contributed by atoms with van der Waals surface area (Å²) in [5.74, 6) is 1.24. The Morgan fingerprint density at radius 3 is 2.69 bits per heavy atom. The minimum absolute atomic E-state index is 0.590. The molecule has 3 rings (SSSR count). The van der Waals surface area contributed by atoms with Crippen LogP contribution >= 0.6 is 11.6 Å². The van der Waals surface area contributed by atoms with Crippen LogP contribution in [0.5, 0.6) is 0 Å². The Bertz CT molecular complexity index is 597. The summed E-state index contributed by atoms with van der Waals surface area (Å²) in [4.78, 5) is 8.42. The van der Waals surface area contributed by atoms with Crippen LogP contribution in [-0.4, -0.2) is 19.6 Å². The Labute approximate surface area is 96.5 Å². The molecule has 3 aromatic rings. The van der Waals surface area contributed by atoms with Gasteiger partial charge < -0.3 is 0 Å². The third kappa shape index (κ3) is 1.53. The second-order valence-electron chi connectivity index (χ2n) is 3.31. The summed E-state index contributed by atoms with van der Waals surface area (Å²) in [7, 11) is 0. The second-order valence-corrected chi connectivity index (χ2v) is 3.74. The van der Waals surface area contributed by atoms with Crippen molar-refractivity contribution in [1.29, 1.82) is 0 Å². The molecule has 2 heterocycles. The maximum Gasteiger partial charge on any atom is 0.252 e. The molecule has 0 N–H and O–H groups in total. The quantitative estimate of drug-likeness (QED) is 0.645. The molecule has 78 valence electrons. The zero-order chi connectivity index (χ0) is 11.0. The normalized spacial score (nSPS) is 10.8. The highest BCUT2D eigenvalue weighted by Gasteiger charge is 2.05. The van der Waals surface area contributed by atoms with Gasteiger partial charge in [0.1, 0.15) is 0 Å². The first-order chi connectivity index (χ1) is 7.83. The Balaban J connectivity index is 2.15. The standard InChI is InChI=1S/C11H7ClN4/c12-9-4-2-8(3-5-9)10-14-11-13-6-1-7-16(11)15-10/h1-7H. The van der Waals surface area contributed by atoms with Crippen LogP contribution in [0.4, 0.5) is 0 Å². The summed E-state index contributed by atoms with van der Waals surface area (Å²) in [6, 6.07) is 9.22. The van der Waals surface area contributed by atoms with E-state index in [4.69, 9.17) is 11.6 Å². The molecule has 0 unspecified atom stereocenters. The van der Waals surface area contributed by atoms with Crippen molar-refractivity contribution in [1.82, 2.24) is 19.6 Å². The highest BCUT2D eigenvalue weighted by atomic mass is 35.5. The van der Waals surface area contributed by atoms with Gasteiger partial charge >= 0.3 is 0 Å². The Morgan fingerprint density at radius 1 is 1.12 bits per heavy atom. The molecule has 0 atom stereocenters. The zero-order valence-corrected chi connectivity index (χ0v) is 8.96. The summed E-state index contributed by atoms with van der Waals surface area (Å²) in [5, 5.41) is 5.01. The van der Waals surface area contributed by atoms with Crippen LogP contribution in [0.2, 0.25) is 5.02 Å². The highest BCUT2D eigenvalue weighted by molar-refractivity contribution is 6.30. The fraction of sp³-hybridized carbons (Fsp3) is 0. The first kappa shape index (κ1) is 9.30. The molecule has 0 aliphatic carbocycles. The largest absolute Gasteiger partial charge is 0.252 e. The van der Waals surface area contributed by atoms with E-state index >= 15 is 0 Å². The summed E-state index contributed by atoms with van der Waals surface area (Å²) < 4.78 is 1.64. The molecule has 4 nitrogen and oxygen atoms in total. The number of hydrogen-bond acceptors (Lipinski definition) is 3. The lowest BCUT2D eigenvalue weighted by Gasteiger charge is -1.93. The minimum Gasteiger partial charge on any atom is -0.220 e. The van der Waals surface area contributed by atoms with E-state index in [1.807, 2.05) is 36.5 Å². The lowest BCUT2D eigenvalue weighted by atomic mass is 10.2. The van der Waals surface area contributed by atoms with Crippen molar-refractivity contribution in [3.8, 4) is 11.4 Å². The molecule has 0 aliphatic rings. The van der Waals surface area contributed by atoms with Gasteiger partial charge in [-0.1, -0.05) is 11.6 Å². The van der Waals surface area contributed by atoms with E-state index in [9.17, 15) is 0 Å². The molecular weight excluding hydrogens is 224 g/mol. The second kappa shape index (κ2) is 3.57. The van der Waals surface area contributed by atoms with Gasteiger partial charge in [-0.2, -0.15) is 4.98 Å². The van der Waals surface area contributed by atoms with Gasteiger partial charge in [0, 0.05) is 23.0 Å². The third-order valence-corrected chi connectivity index (χ3v) is 2.47. The van der Waals surface area contributed by atoms with Crippen LogP contribution in [0.1, 0.15) is 0 Å². The molecule has 0 amide bonds. The Kier molecular flexibility index (Phi) is 2.08. The summed E-state index contributed by atoms with van der Waals surface area (Å²) in [6.45, 7) is 0. The van der Waals surface area contributed by atoms with Gasteiger partial charge in [-0.25, -0.2) is 9.50 Å². The van der Waals surface area contributed by atoms with Crippen molar-refractivity contribution in [3.63, 3.8) is 0 Å². The number of nitrogens with zero attached hydrogens (tertiary/aromatic N) is 4. The van der Waals surface area contributed by atoms with Gasteiger partial charge in [0.2, 0.25) is 0 Å². The van der Waals surface area contributed by atoms with Crippen LogP contribution in [-0.2, 0) is 0 Å². The van der Waals surface area contributed by atoms with Gasteiger partial charge in [-0.15, -0.1) is 5.10 Å². The van der Waals surface area contributed by atoms with Crippen LogP contribution in [0.15, 0.2) is 42.7 Å². The first-order valence-electron chi connectivity index (χ1n) is 4.76. The molecule has 0 bridgehead atoms. The summed E-state index contributed by atoms with van der Waals surface area (Å²) in [5.41, 5.74) is 0.926. The Morgan fingerprint density at radius 2 is 1.94 bits per heavy atom. The van der Waals surface area contributed by atoms with E-state index in [2.05, 4.69) is 15.1 Å². The number of fused-ring (bicyclic) bond motifs is 1. The fourth-order valence-electron chi connectivity index (χ4n) is 1.45. The van der Waals surface area contributed by atoms with Crippen molar-refractivity contribution in [3.05, 3.63) is 47.7 Å². The van der Waals surface area contributed by atoms with Crippen molar-refractivity contribution in [2.24, 2.45) is 0 Å². The Hall–Kier alpha value is -1.94. The minimum atomic E-state index is 0.590. The molecular formula is C11H7ClN4. The fourth-order valence-corrected chi connectivity index (χ4v) is 1.58. The smallest absolute Gasteiger partial charge is 0.220 e. The molecule has 16 heavy (non-hydrogen) atoms. The average molecular weight is 231 g/mol. The number of aromatic nitrogens is 4. The molecule has 2 aromatic heterocycles. The van der Waals surface area contributed by atoms with Crippen LogP contribution < -0.4 is 0 Å². The molecule has 0 saturated carbocycles. The predicted molar refractivity (Wildman–Crippen MR) is 61.2 cm³/mol. The van der Waals surface area contributed by atoms with Crippen LogP contribution in [0.3, 0.4) is 0 Å². The lowest BCUT2D eigenvalue weighted by molar-refractivity contribution is 0.942. The van der Waals surface area contributed by atoms with Crippen molar-refractivity contribution >= 4 is 17.4 Å². The average Bonchev–Trinajstić information content (AvgIpc) is 2.73. The molecule has 0 radical (unpaired) electrons. The van der Waals surface area contributed by atoms with E-state index < -0.39 is 0 Å². The van der Waals surface area contributed by atoms with Crippen LogP contribution in [0, 0.1) is 0 Å². The number of halogens is 1. The number of rotatable bonds is 1. The van der Waals surface area contributed by atoms with Crippen molar-refractivity contribution in [2.45, 2.75) is 0 Å². The van der Waals surface area contributed by atoms with E-state index in [1.165, 1.54) is 0 Å². The monoisotopic (exact) mass is 230 g/mol.